The van der Waals surface area contributed by atoms with Gasteiger partial charge in [-0.15, -0.1) is 21.9 Å². The highest BCUT2D eigenvalue weighted by atomic mass is 32.2. The van der Waals surface area contributed by atoms with Gasteiger partial charge >= 0.3 is 0 Å². The third kappa shape index (κ3) is 4.91. The van der Waals surface area contributed by atoms with Gasteiger partial charge in [0.2, 0.25) is 11.1 Å². The number of benzene rings is 2. The molecule has 0 unspecified atom stereocenters. The Balaban J connectivity index is 1.33. The Labute approximate surface area is 217 Å². The number of amidine groups is 1. The maximum absolute atomic E-state index is 13.0. The molecule has 2 aromatic carbocycles. The molecule has 1 N–H and O–H groups in total. The van der Waals surface area contributed by atoms with Crippen LogP contribution in [-0.2, 0) is 11.3 Å². The zero-order valence-electron chi connectivity index (χ0n) is 20.0. The van der Waals surface area contributed by atoms with Gasteiger partial charge in [0.15, 0.2) is 10.8 Å². The largest absolute Gasteiger partial charge is 0.320 e. The Kier molecular flexibility index (Phi) is 7.15. The number of allylic oxidation sites excluding steroid dienone is 1. The predicted octanol–water partition coefficient (Wildman–Crippen LogP) is 4.97. The number of aryl methyl sites for hydroxylation is 1. The molecule has 0 aliphatic carbocycles. The zero-order valence-corrected chi connectivity index (χ0v) is 21.6. The van der Waals surface area contributed by atoms with Gasteiger partial charge < -0.3 is 9.88 Å². The molecule has 5 rings (SSSR count). The van der Waals surface area contributed by atoms with E-state index in [1.165, 1.54) is 29.1 Å². The van der Waals surface area contributed by atoms with E-state index in [9.17, 15) is 4.79 Å². The highest BCUT2D eigenvalue weighted by Crippen LogP contribution is 2.29. The van der Waals surface area contributed by atoms with Crippen molar-refractivity contribution in [2.24, 2.45) is 10.2 Å². The first-order valence-corrected chi connectivity index (χ1v) is 13.5. The molecule has 10 heteroatoms. The van der Waals surface area contributed by atoms with Crippen LogP contribution in [0.5, 0.6) is 0 Å². The number of amides is 1. The van der Waals surface area contributed by atoms with Crippen molar-refractivity contribution in [2.75, 3.05) is 5.75 Å². The number of hydrogen-bond donors (Lipinski definition) is 1. The number of aromatic nitrogens is 4. The highest BCUT2D eigenvalue weighted by Gasteiger charge is 2.24. The van der Waals surface area contributed by atoms with E-state index >= 15 is 0 Å². The van der Waals surface area contributed by atoms with Crippen molar-refractivity contribution in [3.63, 3.8) is 0 Å². The molecular formula is C26H25N7OS2. The van der Waals surface area contributed by atoms with E-state index in [-0.39, 0.29) is 5.91 Å². The van der Waals surface area contributed by atoms with E-state index in [0.29, 0.717) is 29.0 Å². The topological polar surface area (TPSA) is 97.4 Å². The molecule has 0 radical (unpaired) electrons. The first-order valence-electron chi connectivity index (χ1n) is 11.6. The van der Waals surface area contributed by atoms with Gasteiger partial charge in [-0.25, -0.2) is 4.98 Å². The standard InChI is InChI=1S/C26H25N7OS2/c1-4-14-33-20-9-7-6-8-18(20)22-23(33)27-26(32-30-22)36-21(5-2)24(34)28-25-31-29-19(15-35-25)17-12-10-16(3)11-13-17/h4,6-13,21H,1,5,14-15H2,2-3H3,(H,28,31,34)/t21-/m1/s1. The van der Waals surface area contributed by atoms with Gasteiger partial charge in [0, 0.05) is 17.7 Å². The molecule has 36 heavy (non-hydrogen) atoms. The van der Waals surface area contributed by atoms with Crippen LogP contribution in [0.15, 0.2) is 76.5 Å². The number of hydrogen-bond acceptors (Lipinski definition) is 8. The zero-order chi connectivity index (χ0) is 25.1. The number of para-hydroxylation sites is 1. The molecule has 4 aromatic rings. The van der Waals surface area contributed by atoms with E-state index in [0.717, 1.165) is 33.3 Å². The lowest BCUT2D eigenvalue weighted by Gasteiger charge is -2.16. The molecule has 182 valence electrons. The Morgan fingerprint density at radius 1 is 1.19 bits per heavy atom. The van der Waals surface area contributed by atoms with Crippen molar-refractivity contribution < 1.29 is 4.79 Å². The predicted molar refractivity (Wildman–Crippen MR) is 149 cm³/mol. The van der Waals surface area contributed by atoms with Crippen molar-refractivity contribution in [1.29, 1.82) is 0 Å². The summed E-state index contributed by atoms with van der Waals surface area (Å²) in [5, 5.41) is 21.8. The second kappa shape index (κ2) is 10.6. The van der Waals surface area contributed by atoms with E-state index in [1.807, 2.05) is 49.4 Å². The second-order valence-corrected chi connectivity index (χ2v) is 10.4. The van der Waals surface area contributed by atoms with Crippen LogP contribution in [0.2, 0.25) is 0 Å². The molecule has 1 aliphatic heterocycles. The number of nitrogens with zero attached hydrogens (tertiary/aromatic N) is 6. The quantitative estimate of drug-likeness (QED) is 0.276. The number of thioether (sulfide) groups is 2. The first kappa shape index (κ1) is 24.2. The van der Waals surface area contributed by atoms with Gasteiger partial charge in [0.25, 0.3) is 0 Å². The molecule has 8 nitrogen and oxygen atoms in total. The van der Waals surface area contributed by atoms with Crippen molar-refractivity contribution in [3.05, 3.63) is 72.3 Å². The van der Waals surface area contributed by atoms with Crippen molar-refractivity contribution in [2.45, 2.75) is 37.2 Å². The molecule has 1 amide bonds. The molecule has 0 fully saturated rings. The average Bonchev–Trinajstić information content (AvgIpc) is 3.21. The van der Waals surface area contributed by atoms with Crippen molar-refractivity contribution in [1.82, 2.24) is 25.1 Å². The monoisotopic (exact) mass is 515 g/mol. The fourth-order valence-electron chi connectivity index (χ4n) is 3.94. The average molecular weight is 516 g/mol. The molecule has 0 saturated carbocycles. The lowest BCUT2D eigenvalue weighted by Crippen LogP contribution is -2.37. The van der Waals surface area contributed by atoms with Gasteiger partial charge in [-0.05, 0) is 25.0 Å². The van der Waals surface area contributed by atoms with E-state index < -0.39 is 5.25 Å². The van der Waals surface area contributed by atoms with Gasteiger partial charge in [-0.2, -0.15) is 5.10 Å². The Morgan fingerprint density at radius 2 is 2.00 bits per heavy atom. The van der Waals surface area contributed by atoms with Crippen LogP contribution in [-0.4, -0.2) is 47.5 Å². The molecule has 1 atom stereocenters. The van der Waals surface area contributed by atoms with Gasteiger partial charge in [0.1, 0.15) is 5.52 Å². The maximum Gasteiger partial charge on any atom is 0.239 e. The SMILES string of the molecule is C=CCn1c2ccccc2c2nnc(S[C@H](CC)C(=O)NC3=NN=C(c4ccc(C)cc4)CS3)nc21. The number of fused-ring (bicyclic) bond motifs is 3. The molecule has 2 aromatic heterocycles. The number of carbonyl (C=O) groups is 1. The Morgan fingerprint density at radius 3 is 2.72 bits per heavy atom. The van der Waals surface area contributed by atoms with Crippen LogP contribution >= 0.6 is 23.5 Å². The summed E-state index contributed by atoms with van der Waals surface area (Å²) in [4.78, 5) is 17.8. The summed E-state index contributed by atoms with van der Waals surface area (Å²) in [6, 6.07) is 16.2. The fourth-order valence-corrected chi connectivity index (χ4v) is 5.52. The summed E-state index contributed by atoms with van der Waals surface area (Å²) in [5.74, 6) is 0.488. The summed E-state index contributed by atoms with van der Waals surface area (Å²) in [5.41, 5.74) is 5.63. The van der Waals surface area contributed by atoms with Gasteiger partial charge in [-0.3, -0.25) is 4.79 Å². The molecule has 1 aliphatic rings. The Bertz CT molecular complexity index is 1510. The lowest BCUT2D eigenvalue weighted by atomic mass is 10.1. The van der Waals surface area contributed by atoms with E-state index in [4.69, 9.17) is 4.98 Å². The normalized spacial score (nSPS) is 14.4. The lowest BCUT2D eigenvalue weighted by molar-refractivity contribution is -0.119. The first-order chi connectivity index (χ1) is 17.6. The maximum atomic E-state index is 13.0. The summed E-state index contributed by atoms with van der Waals surface area (Å²) in [6.07, 6.45) is 2.43. The minimum Gasteiger partial charge on any atom is -0.320 e. The van der Waals surface area contributed by atoms with Gasteiger partial charge in [-0.1, -0.05) is 84.6 Å². The summed E-state index contributed by atoms with van der Waals surface area (Å²) < 4.78 is 2.06. The number of nitrogens with one attached hydrogen (secondary N) is 1. The van der Waals surface area contributed by atoms with E-state index in [1.54, 1.807) is 0 Å². The summed E-state index contributed by atoms with van der Waals surface area (Å²) in [7, 11) is 0. The third-order valence-corrected chi connectivity index (χ3v) is 7.89. The van der Waals surface area contributed by atoms with Crippen LogP contribution < -0.4 is 5.32 Å². The van der Waals surface area contributed by atoms with Crippen LogP contribution in [0.1, 0.15) is 24.5 Å². The van der Waals surface area contributed by atoms with E-state index in [2.05, 4.69) is 55.9 Å². The molecule has 0 bridgehead atoms. The molecular weight excluding hydrogens is 490 g/mol. The molecule has 0 spiro atoms. The number of rotatable bonds is 7. The van der Waals surface area contributed by atoms with Crippen molar-refractivity contribution in [3.8, 4) is 0 Å². The van der Waals surface area contributed by atoms with Crippen LogP contribution in [0.25, 0.3) is 22.1 Å². The van der Waals surface area contributed by atoms with Crippen molar-refractivity contribution >= 4 is 62.4 Å². The van der Waals surface area contributed by atoms with Crippen LogP contribution in [0.4, 0.5) is 0 Å². The summed E-state index contributed by atoms with van der Waals surface area (Å²) in [6.45, 7) is 8.49. The highest BCUT2D eigenvalue weighted by molar-refractivity contribution is 8.14. The minimum atomic E-state index is -0.396. The van der Waals surface area contributed by atoms with Crippen LogP contribution in [0.3, 0.4) is 0 Å². The smallest absolute Gasteiger partial charge is 0.239 e. The fraction of sp³-hybridized carbons (Fsp3) is 0.231. The van der Waals surface area contributed by atoms with Crippen LogP contribution in [0, 0.1) is 6.92 Å². The molecule has 0 saturated heterocycles. The minimum absolute atomic E-state index is 0.155. The second-order valence-electron chi connectivity index (χ2n) is 8.29. The molecule has 3 heterocycles. The Hall–Kier alpha value is -3.50. The van der Waals surface area contributed by atoms with Gasteiger partial charge in [0.05, 0.1) is 16.5 Å². The summed E-state index contributed by atoms with van der Waals surface area (Å²) >= 11 is 2.77. The number of carbonyl (C=O) groups excluding carboxylic acids is 1. The third-order valence-electron chi connectivity index (χ3n) is 5.80.